The Balaban J connectivity index is 1.53. The maximum absolute atomic E-state index is 4.96. The Morgan fingerprint density at radius 3 is 2.75 bits per heavy atom. The monoisotopic (exact) mass is 393 g/mol. The van der Waals surface area contributed by atoms with Gasteiger partial charge in [-0.1, -0.05) is 25.2 Å². The zero-order chi connectivity index (χ0) is 19.3. The number of imidazole rings is 1. The molecule has 0 amide bonds. The first-order valence-corrected chi connectivity index (χ1v) is 11.0. The van der Waals surface area contributed by atoms with Gasteiger partial charge in [-0.25, -0.2) is 4.98 Å². The van der Waals surface area contributed by atoms with E-state index in [1.54, 1.807) is 11.3 Å². The fourth-order valence-electron chi connectivity index (χ4n) is 4.33. The highest BCUT2D eigenvalue weighted by molar-refractivity contribution is 7.20. The lowest BCUT2D eigenvalue weighted by atomic mass is 9.95. The number of aromatic nitrogens is 4. The lowest BCUT2D eigenvalue weighted by Gasteiger charge is -2.20. The molecule has 4 aromatic rings. The highest BCUT2D eigenvalue weighted by atomic mass is 32.1. The number of nitrogens with zero attached hydrogens (tertiary/aromatic N) is 4. The fraction of sp³-hybridized carbons (Fsp3) is 0.455. The molecule has 0 bridgehead atoms. The molecule has 4 heterocycles. The zero-order valence-corrected chi connectivity index (χ0v) is 17.6. The van der Waals surface area contributed by atoms with Crippen LogP contribution >= 0.6 is 11.3 Å². The molecule has 0 atom stereocenters. The summed E-state index contributed by atoms with van der Waals surface area (Å²) in [5.74, 6) is 1.20. The van der Waals surface area contributed by atoms with Crippen LogP contribution in [0.25, 0.3) is 26.3 Å². The number of hydrogen-bond donors (Lipinski definition) is 1. The van der Waals surface area contributed by atoms with Crippen LogP contribution in [0.4, 0.5) is 0 Å². The van der Waals surface area contributed by atoms with Crippen molar-refractivity contribution in [2.45, 2.75) is 39.0 Å². The van der Waals surface area contributed by atoms with Crippen molar-refractivity contribution in [1.82, 2.24) is 24.5 Å². The molecule has 0 radical (unpaired) electrons. The van der Waals surface area contributed by atoms with Crippen molar-refractivity contribution in [2.24, 2.45) is 13.0 Å². The summed E-state index contributed by atoms with van der Waals surface area (Å²) < 4.78 is 4.14. The summed E-state index contributed by atoms with van der Waals surface area (Å²) in [5, 5.41) is 9.35. The van der Waals surface area contributed by atoms with Gasteiger partial charge in [0, 0.05) is 36.9 Å². The third-order valence-corrected chi connectivity index (χ3v) is 6.69. The second-order valence-electron chi connectivity index (χ2n) is 8.45. The minimum absolute atomic E-state index is 0.598. The summed E-state index contributed by atoms with van der Waals surface area (Å²) >= 11 is 1.79. The molecule has 1 aliphatic heterocycles. The van der Waals surface area contributed by atoms with Crippen LogP contribution in [0.3, 0.4) is 0 Å². The molecule has 0 spiro atoms. The number of aryl methyl sites for hydroxylation is 1. The Hall–Kier alpha value is -2.18. The van der Waals surface area contributed by atoms with Crippen LogP contribution in [0.1, 0.15) is 43.9 Å². The van der Waals surface area contributed by atoms with E-state index in [4.69, 9.17) is 10.1 Å². The standard InChI is InChI=1S/C22H27N5S/c1-14(2)8-17-9-16(10-18-11-26(3)25-21(17)18)20-13-27-12-19(24-22(27)28-20)15-4-6-23-7-5-15/h9-15,23H,4-8H2,1-3H3. The maximum atomic E-state index is 4.96. The molecule has 0 unspecified atom stereocenters. The first-order chi connectivity index (χ1) is 13.6. The normalized spacial score (nSPS) is 16.0. The van der Waals surface area contributed by atoms with Crippen molar-refractivity contribution in [3.63, 3.8) is 0 Å². The van der Waals surface area contributed by atoms with E-state index in [0.29, 0.717) is 11.8 Å². The van der Waals surface area contributed by atoms with Crippen molar-refractivity contribution < 1.29 is 0 Å². The van der Waals surface area contributed by atoms with Gasteiger partial charge in [0.2, 0.25) is 0 Å². The van der Waals surface area contributed by atoms with Crippen molar-refractivity contribution in [3.8, 4) is 10.4 Å². The second kappa shape index (κ2) is 7.01. The van der Waals surface area contributed by atoms with Crippen LogP contribution in [-0.2, 0) is 13.5 Å². The third kappa shape index (κ3) is 3.25. The van der Waals surface area contributed by atoms with Gasteiger partial charge in [0.25, 0.3) is 0 Å². The van der Waals surface area contributed by atoms with Gasteiger partial charge in [-0.05, 0) is 61.5 Å². The molecule has 1 aliphatic rings. The van der Waals surface area contributed by atoms with Crippen molar-refractivity contribution >= 4 is 27.2 Å². The number of fused-ring (bicyclic) bond motifs is 2. The maximum Gasteiger partial charge on any atom is 0.194 e. The summed E-state index contributed by atoms with van der Waals surface area (Å²) in [6.45, 7) is 6.74. The number of nitrogens with one attached hydrogen (secondary N) is 1. The molecule has 1 fully saturated rings. The Morgan fingerprint density at radius 2 is 2.00 bits per heavy atom. The van der Waals surface area contributed by atoms with Crippen LogP contribution in [-0.4, -0.2) is 32.3 Å². The highest BCUT2D eigenvalue weighted by Crippen LogP contribution is 2.34. The van der Waals surface area contributed by atoms with E-state index in [1.807, 2.05) is 11.7 Å². The van der Waals surface area contributed by atoms with Crippen molar-refractivity contribution in [1.29, 1.82) is 0 Å². The van der Waals surface area contributed by atoms with Gasteiger partial charge >= 0.3 is 0 Å². The van der Waals surface area contributed by atoms with Crippen LogP contribution in [0.2, 0.25) is 0 Å². The highest BCUT2D eigenvalue weighted by Gasteiger charge is 2.19. The van der Waals surface area contributed by atoms with Crippen LogP contribution < -0.4 is 5.32 Å². The van der Waals surface area contributed by atoms with E-state index in [9.17, 15) is 0 Å². The Kier molecular flexibility index (Phi) is 4.48. The summed E-state index contributed by atoms with van der Waals surface area (Å²) in [7, 11) is 2.00. The zero-order valence-electron chi connectivity index (χ0n) is 16.8. The second-order valence-corrected chi connectivity index (χ2v) is 9.46. The molecule has 5 nitrogen and oxygen atoms in total. The summed E-state index contributed by atoms with van der Waals surface area (Å²) in [6, 6.07) is 4.60. The minimum Gasteiger partial charge on any atom is -0.317 e. The Bertz CT molecular complexity index is 1100. The van der Waals surface area contributed by atoms with Gasteiger partial charge in [-0.3, -0.25) is 9.08 Å². The van der Waals surface area contributed by atoms with Gasteiger partial charge in [-0.15, -0.1) is 0 Å². The van der Waals surface area contributed by atoms with E-state index < -0.39 is 0 Å². The molecule has 146 valence electrons. The van der Waals surface area contributed by atoms with Crippen molar-refractivity contribution in [3.05, 3.63) is 42.0 Å². The average molecular weight is 394 g/mol. The number of rotatable bonds is 4. The summed E-state index contributed by atoms with van der Waals surface area (Å²) in [5.41, 5.74) is 5.00. The molecule has 1 aromatic carbocycles. The smallest absolute Gasteiger partial charge is 0.194 e. The molecule has 1 N–H and O–H groups in total. The SMILES string of the molecule is CC(C)Cc1cc(-c2cn3cc(C4CCNCC4)nc3s2)cc2cn(C)nc12. The predicted octanol–water partition coefficient (Wildman–Crippen LogP) is 4.62. The first kappa shape index (κ1) is 17.9. The van der Waals surface area contributed by atoms with Gasteiger partial charge in [0.15, 0.2) is 4.96 Å². The van der Waals surface area contributed by atoms with Crippen LogP contribution in [0, 0.1) is 5.92 Å². The summed E-state index contributed by atoms with van der Waals surface area (Å²) in [6.07, 6.45) is 10.0. The van der Waals surface area contributed by atoms with Crippen LogP contribution in [0.5, 0.6) is 0 Å². The molecule has 0 saturated carbocycles. The largest absolute Gasteiger partial charge is 0.317 e. The average Bonchev–Trinajstić information content (AvgIpc) is 3.33. The van der Waals surface area contributed by atoms with Crippen molar-refractivity contribution in [2.75, 3.05) is 13.1 Å². The summed E-state index contributed by atoms with van der Waals surface area (Å²) in [4.78, 5) is 7.33. The first-order valence-electron chi connectivity index (χ1n) is 10.2. The molecular weight excluding hydrogens is 366 g/mol. The van der Waals surface area contributed by atoms with Crippen LogP contribution in [0.15, 0.2) is 30.7 Å². The Morgan fingerprint density at radius 1 is 1.18 bits per heavy atom. The minimum atomic E-state index is 0.598. The van der Waals surface area contributed by atoms with Gasteiger partial charge in [-0.2, -0.15) is 5.10 Å². The number of piperidine rings is 1. The number of thiazole rings is 1. The van der Waals surface area contributed by atoms with E-state index in [1.165, 1.54) is 39.9 Å². The molecular formula is C22H27N5S. The van der Waals surface area contributed by atoms with Gasteiger partial charge in [0.1, 0.15) is 0 Å². The Labute approximate surface area is 169 Å². The molecule has 0 aliphatic carbocycles. The predicted molar refractivity (Wildman–Crippen MR) is 116 cm³/mol. The molecule has 1 saturated heterocycles. The lowest BCUT2D eigenvalue weighted by molar-refractivity contribution is 0.454. The number of hydrogen-bond acceptors (Lipinski definition) is 4. The number of benzene rings is 1. The van der Waals surface area contributed by atoms with E-state index in [0.717, 1.165) is 30.0 Å². The molecule has 6 heteroatoms. The van der Waals surface area contributed by atoms with Gasteiger partial charge < -0.3 is 5.32 Å². The lowest BCUT2D eigenvalue weighted by Crippen LogP contribution is -2.26. The van der Waals surface area contributed by atoms with Gasteiger partial charge in [0.05, 0.1) is 16.1 Å². The van der Waals surface area contributed by atoms with E-state index in [2.05, 4.69) is 54.3 Å². The quantitative estimate of drug-likeness (QED) is 0.550. The van der Waals surface area contributed by atoms with E-state index >= 15 is 0 Å². The fourth-order valence-corrected chi connectivity index (χ4v) is 5.29. The molecule has 3 aromatic heterocycles. The molecule has 5 rings (SSSR count). The molecule has 28 heavy (non-hydrogen) atoms. The third-order valence-electron chi connectivity index (χ3n) is 5.65. The topological polar surface area (TPSA) is 47.1 Å². The van der Waals surface area contributed by atoms with E-state index in [-0.39, 0.29) is 0 Å².